The molecule has 0 spiro atoms. The monoisotopic (exact) mass is 352 g/mol. The van der Waals surface area contributed by atoms with E-state index in [1.165, 1.54) is 4.31 Å². The van der Waals surface area contributed by atoms with Gasteiger partial charge in [0.25, 0.3) is 0 Å². The molecular weight excluding hydrogens is 324 g/mol. The first-order valence-corrected chi connectivity index (χ1v) is 10.4. The van der Waals surface area contributed by atoms with Crippen molar-refractivity contribution in [3.8, 4) is 0 Å². The third-order valence-corrected chi connectivity index (χ3v) is 5.69. The number of nitrogens with zero attached hydrogens (tertiary/aromatic N) is 2. The van der Waals surface area contributed by atoms with Crippen molar-refractivity contribution >= 4 is 21.6 Å². The minimum atomic E-state index is -3.56. The highest BCUT2D eigenvalue weighted by atomic mass is 32.2. The van der Waals surface area contributed by atoms with E-state index < -0.39 is 16.1 Å². The maximum Gasteiger partial charge on any atom is 0.246 e. The van der Waals surface area contributed by atoms with Crippen LogP contribution in [0.1, 0.15) is 43.7 Å². The second-order valence-corrected chi connectivity index (χ2v) is 8.68. The van der Waals surface area contributed by atoms with Crippen LogP contribution in [0.4, 0.5) is 5.69 Å². The van der Waals surface area contributed by atoms with Gasteiger partial charge in [0.2, 0.25) is 15.9 Å². The molecule has 1 amide bonds. The van der Waals surface area contributed by atoms with Crippen molar-refractivity contribution in [2.24, 2.45) is 0 Å². The Hall–Kier alpha value is -1.56. The van der Waals surface area contributed by atoms with Crippen LogP contribution in [0.5, 0.6) is 0 Å². The first-order chi connectivity index (χ1) is 11.2. The number of amides is 1. The predicted octanol–water partition coefficient (Wildman–Crippen LogP) is 2.86. The molecule has 1 atom stereocenters. The third-order valence-electron chi connectivity index (χ3n) is 4.45. The molecule has 134 valence electrons. The molecule has 0 bridgehead atoms. The van der Waals surface area contributed by atoms with Crippen molar-refractivity contribution < 1.29 is 13.2 Å². The van der Waals surface area contributed by atoms with E-state index >= 15 is 0 Å². The molecule has 5 nitrogen and oxygen atoms in total. The summed E-state index contributed by atoms with van der Waals surface area (Å²) in [4.78, 5) is 14.7. The summed E-state index contributed by atoms with van der Waals surface area (Å²) >= 11 is 0. The number of benzene rings is 1. The zero-order chi connectivity index (χ0) is 17.9. The lowest BCUT2D eigenvalue weighted by Gasteiger charge is -2.32. The van der Waals surface area contributed by atoms with Crippen molar-refractivity contribution in [2.75, 3.05) is 23.7 Å². The van der Waals surface area contributed by atoms with E-state index in [9.17, 15) is 13.2 Å². The van der Waals surface area contributed by atoms with Crippen LogP contribution < -0.4 is 4.31 Å². The molecule has 1 saturated heterocycles. The van der Waals surface area contributed by atoms with Crippen LogP contribution in [0.3, 0.4) is 0 Å². The van der Waals surface area contributed by atoms with Gasteiger partial charge in [-0.3, -0.25) is 9.10 Å². The van der Waals surface area contributed by atoms with Crippen molar-refractivity contribution in [2.45, 2.75) is 52.5 Å². The fraction of sp³-hybridized carbons (Fsp3) is 0.611. The summed E-state index contributed by atoms with van der Waals surface area (Å²) in [6.07, 6.45) is 5.40. The lowest BCUT2D eigenvalue weighted by Crippen LogP contribution is -2.49. The Labute approximate surface area is 145 Å². The number of aryl methyl sites for hydroxylation is 2. The Balaban J connectivity index is 2.35. The summed E-state index contributed by atoms with van der Waals surface area (Å²) in [6, 6.07) is 4.89. The van der Waals surface area contributed by atoms with Crippen LogP contribution in [-0.2, 0) is 14.8 Å². The molecule has 2 rings (SSSR count). The van der Waals surface area contributed by atoms with E-state index in [1.807, 2.05) is 36.9 Å². The molecule has 6 heteroatoms. The first-order valence-electron chi connectivity index (χ1n) is 8.56. The quantitative estimate of drug-likeness (QED) is 0.837. The van der Waals surface area contributed by atoms with Crippen LogP contribution in [-0.4, -0.2) is 44.6 Å². The summed E-state index contributed by atoms with van der Waals surface area (Å²) in [5.41, 5.74) is 2.52. The molecule has 1 unspecified atom stereocenters. The maximum atomic E-state index is 12.9. The van der Waals surface area contributed by atoms with Crippen LogP contribution in [0.25, 0.3) is 0 Å². The van der Waals surface area contributed by atoms with Gasteiger partial charge in [-0.15, -0.1) is 0 Å². The van der Waals surface area contributed by atoms with E-state index in [4.69, 9.17) is 0 Å². The molecule has 1 heterocycles. The van der Waals surface area contributed by atoms with Crippen LogP contribution in [0.15, 0.2) is 18.2 Å². The Morgan fingerprint density at radius 1 is 1.04 bits per heavy atom. The number of hydrogen-bond acceptors (Lipinski definition) is 3. The second-order valence-electron chi connectivity index (χ2n) is 6.82. The molecule has 1 aliphatic rings. The number of anilines is 1. The topological polar surface area (TPSA) is 57.7 Å². The van der Waals surface area contributed by atoms with Gasteiger partial charge in [-0.25, -0.2) is 8.42 Å². The highest BCUT2D eigenvalue weighted by molar-refractivity contribution is 7.92. The number of carbonyl (C=O) groups excluding carboxylic acids is 1. The molecule has 1 aromatic rings. The fourth-order valence-electron chi connectivity index (χ4n) is 3.44. The average Bonchev–Trinajstić information content (AvgIpc) is 2.72. The Kier molecular flexibility index (Phi) is 5.91. The summed E-state index contributed by atoms with van der Waals surface area (Å²) in [5, 5.41) is 0. The zero-order valence-electron chi connectivity index (χ0n) is 15.1. The smallest absolute Gasteiger partial charge is 0.246 e. The Bertz CT molecular complexity index is 672. The minimum absolute atomic E-state index is 0.110. The van der Waals surface area contributed by atoms with E-state index in [-0.39, 0.29) is 5.91 Å². The van der Waals surface area contributed by atoms with Gasteiger partial charge in [-0.2, -0.15) is 0 Å². The van der Waals surface area contributed by atoms with E-state index in [0.29, 0.717) is 18.8 Å². The molecule has 0 aromatic heterocycles. The highest BCUT2D eigenvalue weighted by Crippen LogP contribution is 2.25. The molecule has 1 aromatic carbocycles. The van der Waals surface area contributed by atoms with Crippen LogP contribution in [0.2, 0.25) is 0 Å². The number of carbonyl (C=O) groups is 1. The second kappa shape index (κ2) is 7.55. The Morgan fingerprint density at radius 2 is 1.54 bits per heavy atom. The van der Waals surface area contributed by atoms with Gasteiger partial charge in [0.15, 0.2) is 0 Å². The summed E-state index contributed by atoms with van der Waals surface area (Å²) in [7, 11) is -3.56. The molecule has 0 N–H and O–H groups in total. The molecule has 0 radical (unpaired) electrons. The number of rotatable bonds is 4. The van der Waals surface area contributed by atoms with E-state index in [1.54, 1.807) is 6.92 Å². The summed E-state index contributed by atoms with van der Waals surface area (Å²) in [6.45, 7) is 6.98. The number of sulfonamides is 1. The van der Waals surface area contributed by atoms with Gasteiger partial charge < -0.3 is 4.90 Å². The molecule has 0 saturated carbocycles. The highest BCUT2D eigenvalue weighted by Gasteiger charge is 2.32. The molecule has 0 aliphatic carbocycles. The van der Waals surface area contributed by atoms with Crippen LogP contribution in [0, 0.1) is 13.8 Å². The lowest BCUT2D eigenvalue weighted by molar-refractivity contribution is -0.131. The SMILES string of the molecule is Cc1cc(C)cc(N(C(C)C(=O)N2CCCCCC2)S(C)(=O)=O)c1. The normalized spacial score (nSPS) is 17.2. The van der Waals surface area contributed by atoms with Crippen molar-refractivity contribution in [1.29, 1.82) is 0 Å². The predicted molar refractivity (Wildman–Crippen MR) is 97.7 cm³/mol. The molecule has 1 fully saturated rings. The van der Waals surface area contributed by atoms with Gasteiger partial charge in [0, 0.05) is 13.1 Å². The van der Waals surface area contributed by atoms with Crippen molar-refractivity contribution in [3.05, 3.63) is 29.3 Å². The van der Waals surface area contributed by atoms with Gasteiger partial charge >= 0.3 is 0 Å². The lowest BCUT2D eigenvalue weighted by atomic mass is 10.1. The maximum absolute atomic E-state index is 12.9. The number of likely N-dealkylation sites (tertiary alicyclic amines) is 1. The Morgan fingerprint density at radius 3 is 2.00 bits per heavy atom. The van der Waals surface area contributed by atoms with E-state index in [2.05, 4.69) is 0 Å². The zero-order valence-corrected chi connectivity index (χ0v) is 15.9. The standard InChI is InChI=1S/C18H28N2O3S/c1-14-11-15(2)13-17(12-14)20(24(4,22)23)16(3)18(21)19-9-7-5-6-8-10-19/h11-13,16H,5-10H2,1-4H3. The third kappa shape index (κ3) is 4.50. The average molecular weight is 353 g/mol. The largest absolute Gasteiger partial charge is 0.341 e. The molecule has 1 aliphatic heterocycles. The number of hydrogen-bond donors (Lipinski definition) is 0. The van der Waals surface area contributed by atoms with Gasteiger partial charge in [0.05, 0.1) is 11.9 Å². The molecular formula is C18H28N2O3S. The minimum Gasteiger partial charge on any atom is -0.341 e. The molecule has 24 heavy (non-hydrogen) atoms. The fourth-order valence-corrected chi connectivity index (χ4v) is 4.59. The van der Waals surface area contributed by atoms with Gasteiger partial charge in [-0.1, -0.05) is 18.9 Å². The first kappa shape index (κ1) is 18.8. The van der Waals surface area contributed by atoms with Gasteiger partial charge in [0.1, 0.15) is 6.04 Å². The van der Waals surface area contributed by atoms with Crippen LogP contribution >= 0.6 is 0 Å². The van der Waals surface area contributed by atoms with E-state index in [0.717, 1.165) is 43.1 Å². The van der Waals surface area contributed by atoms with Gasteiger partial charge in [-0.05, 0) is 56.9 Å². The van der Waals surface area contributed by atoms with Crippen molar-refractivity contribution in [1.82, 2.24) is 4.90 Å². The summed E-state index contributed by atoms with van der Waals surface area (Å²) in [5.74, 6) is -0.110. The summed E-state index contributed by atoms with van der Waals surface area (Å²) < 4.78 is 26.1. The van der Waals surface area contributed by atoms with Crippen molar-refractivity contribution in [3.63, 3.8) is 0 Å².